The molecule has 0 spiro atoms. The van der Waals surface area contributed by atoms with E-state index >= 15 is 19.2 Å². The smallest absolute Gasteiger partial charge is 0.413 e. The number of unbranched alkanes of at least 4 members (excludes halogenated alkanes) is 21. The number of benzene rings is 1. The van der Waals surface area contributed by atoms with Crippen molar-refractivity contribution in [2.24, 2.45) is 5.92 Å². The van der Waals surface area contributed by atoms with Gasteiger partial charge in [0.2, 0.25) is 5.91 Å². The zero-order chi connectivity index (χ0) is 83.5. The van der Waals surface area contributed by atoms with Gasteiger partial charge in [-0.1, -0.05) is 206 Å². The van der Waals surface area contributed by atoms with Crippen molar-refractivity contribution in [2.75, 3.05) is 33.7 Å². The van der Waals surface area contributed by atoms with Gasteiger partial charge >= 0.3 is 42.7 Å². The zero-order valence-corrected chi connectivity index (χ0v) is 74.1. The molecule has 0 aliphatic rings. The number of alkyl carbamates (subject to hydrolysis) is 1. The van der Waals surface area contributed by atoms with E-state index in [-0.39, 0.29) is 63.4 Å². The van der Waals surface area contributed by atoms with E-state index in [1.165, 1.54) is 126 Å². The Morgan fingerprint density at radius 3 is 1.02 bits per heavy atom. The third-order valence-electron chi connectivity index (χ3n) is 18.4. The lowest BCUT2D eigenvalue weighted by atomic mass is 9.97. The molecular weight excluding hydrogens is 1400 g/mol. The van der Waals surface area contributed by atoms with E-state index in [2.05, 4.69) is 10.6 Å². The summed E-state index contributed by atoms with van der Waals surface area (Å²) in [6.07, 6.45) is 20.8. The average molecular weight is 1560 g/mol. The predicted molar refractivity (Wildman–Crippen MR) is 441 cm³/mol. The molecule has 1 rings (SSSR count). The lowest BCUT2D eigenvalue weighted by Gasteiger charge is -2.48. The van der Waals surface area contributed by atoms with Crippen molar-refractivity contribution >= 4 is 48.6 Å². The van der Waals surface area contributed by atoms with Crippen LogP contribution >= 0.6 is 0 Å². The summed E-state index contributed by atoms with van der Waals surface area (Å²) in [4.78, 5) is 124. The first-order valence-electron chi connectivity index (χ1n) is 42.4. The molecule has 110 heavy (non-hydrogen) atoms. The van der Waals surface area contributed by atoms with Crippen molar-refractivity contribution in [1.29, 1.82) is 0 Å². The summed E-state index contributed by atoms with van der Waals surface area (Å²) < 4.78 is 42.2. The van der Waals surface area contributed by atoms with Crippen LogP contribution in [0, 0.1) is 5.92 Å². The molecule has 8 amide bonds. The maximum Gasteiger partial charge on any atom is 0.413 e. The van der Waals surface area contributed by atoms with Gasteiger partial charge in [0.25, 0.3) is 0 Å². The van der Waals surface area contributed by atoms with E-state index in [4.69, 9.17) is 33.2 Å². The number of nitrogens with one attached hydrogen (secondary N) is 2. The Morgan fingerprint density at radius 2 is 0.682 bits per heavy atom. The molecule has 0 saturated heterocycles. The molecule has 1 aromatic carbocycles. The van der Waals surface area contributed by atoms with Crippen molar-refractivity contribution in [2.45, 2.75) is 436 Å². The first-order valence-corrected chi connectivity index (χ1v) is 42.4. The van der Waals surface area contributed by atoms with Crippen molar-refractivity contribution in [3.05, 3.63) is 35.9 Å². The summed E-state index contributed by atoms with van der Waals surface area (Å²) in [6.45, 7) is 41.8. The van der Waals surface area contributed by atoms with Crippen LogP contribution in [0.15, 0.2) is 30.3 Å². The monoisotopic (exact) mass is 1560 g/mol. The average Bonchev–Trinajstić information content (AvgIpc) is 0.777. The van der Waals surface area contributed by atoms with Gasteiger partial charge in [0.15, 0.2) is 0 Å². The fraction of sp³-hybridized carbons (Fsp3) is 0.839. The van der Waals surface area contributed by atoms with E-state index in [0.717, 1.165) is 56.9 Å². The molecule has 5 atom stereocenters. The van der Waals surface area contributed by atoms with Crippen LogP contribution in [-0.2, 0) is 44.6 Å². The fourth-order valence-electron chi connectivity index (χ4n) is 13.2. The minimum atomic E-state index is -1.11. The number of amides is 8. The summed E-state index contributed by atoms with van der Waals surface area (Å²) in [6, 6.07) is 9.85. The minimum Gasteiger partial charge on any atom is -0.445 e. The van der Waals surface area contributed by atoms with Crippen LogP contribution < -0.4 is 10.6 Å². The Morgan fingerprint density at radius 1 is 0.373 bits per heavy atom. The largest absolute Gasteiger partial charge is 0.445 e. The topological polar surface area (TPSA) is 245 Å². The standard InChI is InChI=1S/C87H160N8O15/c1-26-56-73(94(80(102)109-86(18,19)20)71(28-3)90(24)76(98)105-82(6,7)8)92(78(100)107-84(12,13)14)64-69(65-93(79(101)108-85(15,16)17)74(57-27-2)95(81(103)110-87(21,22)23)72(29-4)91(25)77(99)106-83(9,10)11)61-51-47-48-55-63-88-70(96)62-54-46-44-42-40-38-36-34-32-30-31-33-35-37-39-41-43-45-50-58-67(5)89-75(97)104-66-68-59-52-49-53-60-68/h49,52-53,59-60,67,69,71-74H,26-48,50-51,54-58,61-66H2,1-25H3,(H,88,96)(H,89,97). The fourth-order valence-corrected chi connectivity index (χ4v) is 13.2. The molecule has 0 bridgehead atoms. The molecular formula is C87H160N8O15. The quantitative estimate of drug-likeness (QED) is 0.0350. The molecule has 638 valence electrons. The third kappa shape index (κ3) is 46.5. The second-order valence-electron chi connectivity index (χ2n) is 36.3. The van der Waals surface area contributed by atoms with Gasteiger partial charge < -0.3 is 43.8 Å². The maximum atomic E-state index is 15.5. The van der Waals surface area contributed by atoms with Gasteiger partial charge in [0.05, 0.1) is 0 Å². The van der Waals surface area contributed by atoms with Crippen molar-refractivity contribution in [1.82, 2.24) is 40.0 Å². The van der Waals surface area contributed by atoms with Gasteiger partial charge in [-0.2, -0.15) is 0 Å². The molecule has 5 unspecified atom stereocenters. The van der Waals surface area contributed by atoms with Gasteiger partial charge in [-0.3, -0.25) is 34.2 Å². The van der Waals surface area contributed by atoms with Crippen LogP contribution in [0.1, 0.15) is 370 Å². The second-order valence-corrected chi connectivity index (χ2v) is 36.3. The zero-order valence-electron chi connectivity index (χ0n) is 74.1. The molecule has 2 N–H and O–H groups in total. The number of nitrogens with zero attached hydrogens (tertiary/aromatic N) is 6. The highest BCUT2D eigenvalue weighted by atomic mass is 16.6. The summed E-state index contributed by atoms with van der Waals surface area (Å²) >= 11 is 0. The van der Waals surface area contributed by atoms with Gasteiger partial charge in [-0.25, -0.2) is 33.6 Å². The van der Waals surface area contributed by atoms with E-state index in [0.29, 0.717) is 38.6 Å². The molecule has 23 nitrogen and oxygen atoms in total. The van der Waals surface area contributed by atoms with Crippen LogP contribution in [0.25, 0.3) is 0 Å². The third-order valence-corrected chi connectivity index (χ3v) is 18.4. The van der Waals surface area contributed by atoms with Crippen LogP contribution in [-0.4, -0.2) is 176 Å². The normalized spacial score (nSPS) is 13.8. The maximum absolute atomic E-state index is 15.5. The van der Waals surface area contributed by atoms with Crippen molar-refractivity contribution < 1.29 is 71.5 Å². The highest BCUT2D eigenvalue weighted by molar-refractivity contribution is 5.76. The van der Waals surface area contributed by atoms with Crippen molar-refractivity contribution in [3.8, 4) is 0 Å². The summed E-state index contributed by atoms with van der Waals surface area (Å²) in [5.74, 6) is -0.582. The minimum absolute atomic E-state index is 0.0483. The van der Waals surface area contributed by atoms with Gasteiger partial charge in [0, 0.05) is 46.2 Å². The SMILES string of the molecule is CCCC(N(CC(CCCCCCNC(=O)CCCCCCCCCCCCCCCCCCCCCC(C)NC(=O)OCc1ccccc1)CN(C(=O)OC(C)(C)C)C(CCC)N(C(=O)OC(C)(C)C)C(CC)N(C)C(=O)OC(C)(C)C)C(=O)OC(C)(C)C)N(C(=O)OC(C)(C)C)C(CC)N(C)C(=O)OC(C)(C)C. The van der Waals surface area contributed by atoms with Crippen LogP contribution in [0.5, 0.6) is 0 Å². The van der Waals surface area contributed by atoms with E-state index in [1.54, 1.807) is 139 Å². The van der Waals surface area contributed by atoms with Crippen LogP contribution in [0.4, 0.5) is 33.6 Å². The molecule has 0 heterocycles. The molecule has 0 aliphatic carbocycles. The lowest BCUT2D eigenvalue weighted by Crippen LogP contribution is -2.64. The number of hydrogen-bond acceptors (Lipinski definition) is 15. The highest BCUT2D eigenvalue weighted by Crippen LogP contribution is 2.33. The van der Waals surface area contributed by atoms with Gasteiger partial charge in [0.1, 0.15) is 64.9 Å². The molecule has 0 saturated carbocycles. The molecule has 0 radical (unpaired) electrons. The number of rotatable bonds is 50. The Labute approximate surface area is 668 Å². The van der Waals surface area contributed by atoms with Crippen LogP contribution in [0.2, 0.25) is 0 Å². The number of carbonyl (C=O) groups is 8. The molecule has 0 fully saturated rings. The Hall–Kier alpha value is -6.42. The number of ether oxygens (including phenoxy) is 7. The van der Waals surface area contributed by atoms with Crippen LogP contribution in [0.3, 0.4) is 0 Å². The molecule has 1 aromatic rings. The summed E-state index contributed by atoms with van der Waals surface area (Å²) in [5.41, 5.74) is -4.87. The first-order chi connectivity index (χ1) is 51.3. The molecule has 0 aromatic heterocycles. The number of hydrogen-bond donors (Lipinski definition) is 2. The summed E-state index contributed by atoms with van der Waals surface area (Å²) in [7, 11) is 3.12. The highest BCUT2D eigenvalue weighted by Gasteiger charge is 2.47. The summed E-state index contributed by atoms with van der Waals surface area (Å²) in [5, 5.41) is 6.11. The Kier molecular flexibility index (Phi) is 48.1. The Bertz CT molecular complexity index is 2630. The number of carbonyl (C=O) groups excluding carboxylic acids is 8. The Balaban J connectivity index is 3.35. The predicted octanol–water partition coefficient (Wildman–Crippen LogP) is 22.6. The molecule has 0 aliphatic heterocycles. The molecule has 23 heteroatoms. The van der Waals surface area contributed by atoms with E-state index in [1.807, 2.05) is 65.0 Å². The van der Waals surface area contributed by atoms with E-state index < -0.39 is 101 Å². The van der Waals surface area contributed by atoms with E-state index in [9.17, 15) is 19.2 Å². The second kappa shape index (κ2) is 52.1. The first kappa shape index (κ1) is 102. The lowest BCUT2D eigenvalue weighted by molar-refractivity contribution is -0.121. The van der Waals surface area contributed by atoms with Gasteiger partial charge in [-0.05, 0) is 194 Å². The van der Waals surface area contributed by atoms with Crippen molar-refractivity contribution in [3.63, 3.8) is 0 Å². The van der Waals surface area contributed by atoms with Gasteiger partial charge in [-0.15, -0.1) is 0 Å².